The Morgan fingerprint density at radius 3 is 2.34 bits per heavy atom. The lowest BCUT2D eigenvalue weighted by Gasteiger charge is -2.36. The quantitative estimate of drug-likeness (QED) is 0.250. The van der Waals surface area contributed by atoms with E-state index in [0.717, 1.165) is 60.6 Å². The van der Waals surface area contributed by atoms with Crippen LogP contribution in [0.3, 0.4) is 0 Å². The van der Waals surface area contributed by atoms with E-state index < -0.39 is 27.8 Å². The van der Waals surface area contributed by atoms with Crippen LogP contribution in [0.1, 0.15) is 73.2 Å². The SMILES string of the molecule is CCc1c(C(=O)NCC2(O)CCC2)sc(-c2ccc(S(=O)(=O)NC(C)C(F)(F)F)c3ccccc23)c1CC1CCC1. The minimum atomic E-state index is -4.72. The predicted molar refractivity (Wildman–Crippen MR) is 155 cm³/mol. The number of aliphatic hydroxyl groups is 1. The highest BCUT2D eigenvalue weighted by atomic mass is 32.2. The smallest absolute Gasteiger partial charge is 0.388 e. The highest BCUT2D eigenvalue weighted by Crippen LogP contribution is 2.44. The summed E-state index contributed by atoms with van der Waals surface area (Å²) < 4.78 is 67.5. The molecule has 11 heteroatoms. The van der Waals surface area contributed by atoms with Gasteiger partial charge in [0.15, 0.2) is 0 Å². The number of carbonyl (C=O) groups excluding carboxylic acids is 1. The maximum atomic E-state index is 13.4. The molecule has 0 radical (unpaired) electrons. The molecule has 1 unspecified atom stereocenters. The number of sulfonamides is 1. The molecule has 0 bridgehead atoms. The Balaban J connectivity index is 1.59. The molecule has 2 saturated carbocycles. The van der Waals surface area contributed by atoms with E-state index in [1.807, 2.05) is 6.92 Å². The fourth-order valence-electron chi connectivity index (χ4n) is 5.63. The van der Waals surface area contributed by atoms with E-state index in [1.165, 1.54) is 17.4 Å². The van der Waals surface area contributed by atoms with Gasteiger partial charge in [0.1, 0.15) is 6.04 Å². The second kappa shape index (κ2) is 11.3. The fourth-order valence-corrected chi connectivity index (χ4v) is 8.45. The van der Waals surface area contributed by atoms with Crippen molar-refractivity contribution in [2.45, 2.75) is 87.9 Å². The van der Waals surface area contributed by atoms with Crippen molar-refractivity contribution in [3.05, 3.63) is 52.4 Å². The monoisotopic (exact) mass is 608 g/mol. The summed E-state index contributed by atoms with van der Waals surface area (Å²) in [5.41, 5.74) is 1.91. The Kier molecular flexibility index (Phi) is 8.28. The van der Waals surface area contributed by atoms with Crippen LogP contribution in [-0.4, -0.2) is 43.8 Å². The standard InChI is InChI=1S/C30H35F3N2O4S2/c1-3-20-24(16-19-8-6-9-19)26(40-27(20)28(36)34-17-29(37)14-7-15-29)23-12-13-25(22-11-5-4-10-21(22)23)41(38,39)35-18(2)30(31,32)33/h4-5,10-13,18-19,35,37H,3,6-9,14-17H2,1-2H3,(H,34,36). The van der Waals surface area contributed by atoms with Crippen molar-refractivity contribution >= 4 is 38.0 Å². The molecule has 0 spiro atoms. The first-order chi connectivity index (χ1) is 19.3. The highest BCUT2D eigenvalue weighted by Gasteiger charge is 2.39. The molecular weight excluding hydrogens is 573 g/mol. The first-order valence-corrected chi connectivity index (χ1v) is 16.4. The lowest BCUT2D eigenvalue weighted by atomic mass is 9.79. The molecule has 2 aliphatic carbocycles. The number of rotatable bonds is 10. The molecule has 0 aliphatic heterocycles. The number of thiophene rings is 1. The van der Waals surface area contributed by atoms with Gasteiger partial charge in [-0.2, -0.15) is 17.9 Å². The first kappa shape index (κ1) is 30.0. The Morgan fingerprint density at radius 1 is 1.10 bits per heavy atom. The molecule has 3 aromatic rings. The summed E-state index contributed by atoms with van der Waals surface area (Å²) in [7, 11) is -4.49. The number of hydrogen-bond donors (Lipinski definition) is 3. The van der Waals surface area contributed by atoms with Crippen LogP contribution in [0, 0.1) is 5.92 Å². The van der Waals surface area contributed by atoms with Gasteiger partial charge in [0.05, 0.1) is 15.4 Å². The van der Waals surface area contributed by atoms with Gasteiger partial charge in [0, 0.05) is 16.8 Å². The number of carbonyl (C=O) groups is 1. The van der Waals surface area contributed by atoms with E-state index in [9.17, 15) is 31.5 Å². The van der Waals surface area contributed by atoms with E-state index in [4.69, 9.17) is 0 Å². The van der Waals surface area contributed by atoms with Crippen LogP contribution < -0.4 is 10.0 Å². The Morgan fingerprint density at radius 2 is 1.78 bits per heavy atom. The van der Waals surface area contributed by atoms with E-state index in [-0.39, 0.29) is 17.3 Å². The molecule has 1 heterocycles. The molecule has 2 fully saturated rings. The Bertz CT molecular complexity index is 1560. The molecule has 222 valence electrons. The zero-order chi connectivity index (χ0) is 29.6. The molecule has 1 amide bonds. The Hall–Kier alpha value is -2.47. The van der Waals surface area contributed by atoms with E-state index >= 15 is 0 Å². The summed E-state index contributed by atoms with van der Waals surface area (Å²) in [6.45, 7) is 2.97. The van der Waals surface area contributed by atoms with E-state index in [0.29, 0.717) is 40.8 Å². The Labute approximate surface area is 242 Å². The maximum absolute atomic E-state index is 13.4. The molecular formula is C30H35F3N2O4S2. The van der Waals surface area contributed by atoms with Gasteiger partial charge in [-0.3, -0.25) is 4.79 Å². The van der Waals surface area contributed by atoms with Crippen molar-refractivity contribution in [2.75, 3.05) is 6.54 Å². The third-order valence-electron chi connectivity index (χ3n) is 8.50. The summed E-state index contributed by atoms with van der Waals surface area (Å²) in [4.78, 5) is 14.6. The van der Waals surface area contributed by atoms with Crippen LogP contribution in [0.15, 0.2) is 41.3 Å². The molecule has 2 aromatic carbocycles. The van der Waals surface area contributed by atoms with Crippen LogP contribution in [0.4, 0.5) is 13.2 Å². The fraction of sp³-hybridized carbons (Fsp3) is 0.500. The van der Waals surface area contributed by atoms with Crippen molar-refractivity contribution in [3.63, 3.8) is 0 Å². The molecule has 2 aliphatic rings. The van der Waals surface area contributed by atoms with Gasteiger partial charge in [-0.15, -0.1) is 11.3 Å². The zero-order valence-corrected chi connectivity index (χ0v) is 24.7. The average molecular weight is 609 g/mol. The maximum Gasteiger partial charge on any atom is 0.404 e. The van der Waals surface area contributed by atoms with E-state index in [2.05, 4.69) is 5.32 Å². The first-order valence-electron chi connectivity index (χ1n) is 14.1. The van der Waals surface area contributed by atoms with Crippen LogP contribution in [0.2, 0.25) is 0 Å². The van der Waals surface area contributed by atoms with Crippen LogP contribution in [-0.2, 0) is 22.9 Å². The normalized spacial score (nSPS) is 18.1. The largest absolute Gasteiger partial charge is 0.404 e. The van der Waals surface area contributed by atoms with Crippen molar-refractivity contribution in [2.24, 2.45) is 5.92 Å². The highest BCUT2D eigenvalue weighted by molar-refractivity contribution is 7.89. The van der Waals surface area contributed by atoms with E-state index in [1.54, 1.807) is 35.1 Å². The van der Waals surface area contributed by atoms with Crippen LogP contribution in [0.5, 0.6) is 0 Å². The topological polar surface area (TPSA) is 95.5 Å². The average Bonchev–Trinajstić information content (AvgIpc) is 3.24. The lowest BCUT2D eigenvalue weighted by molar-refractivity contribution is -0.147. The van der Waals surface area contributed by atoms with Gasteiger partial charge in [0.25, 0.3) is 5.91 Å². The summed E-state index contributed by atoms with van der Waals surface area (Å²) in [6.07, 6.45) is 2.34. The van der Waals surface area contributed by atoms with Gasteiger partial charge >= 0.3 is 6.18 Å². The number of halogens is 3. The van der Waals surface area contributed by atoms with Crippen molar-refractivity contribution in [3.8, 4) is 10.4 Å². The minimum absolute atomic E-state index is 0.193. The second-order valence-corrected chi connectivity index (χ2v) is 14.1. The molecule has 6 nitrogen and oxygen atoms in total. The summed E-state index contributed by atoms with van der Waals surface area (Å²) >= 11 is 1.36. The molecule has 41 heavy (non-hydrogen) atoms. The molecule has 3 N–H and O–H groups in total. The van der Waals surface area contributed by atoms with Gasteiger partial charge in [-0.05, 0) is 73.1 Å². The van der Waals surface area contributed by atoms with Crippen LogP contribution >= 0.6 is 11.3 Å². The van der Waals surface area contributed by atoms with Gasteiger partial charge < -0.3 is 10.4 Å². The lowest BCUT2D eigenvalue weighted by Crippen LogP contribution is -2.47. The summed E-state index contributed by atoms with van der Waals surface area (Å²) in [5, 5.41) is 14.3. The number of amides is 1. The predicted octanol–water partition coefficient (Wildman–Crippen LogP) is 6.35. The second-order valence-electron chi connectivity index (χ2n) is 11.4. The molecule has 5 rings (SSSR count). The van der Waals surface area contributed by atoms with Gasteiger partial charge in [0.2, 0.25) is 10.0 Å². The van der Waals surface area contributed by atoms with Crippen molar-refractivity contribution in [1.82, 2.24) is 10.0 Å². The minimum Gasteiger partial charge on any atom is -0.388 e. The third-order valence-corrected chi connectivity index (χ3v) is 11.4. The summed E-state index contributed by atoms with van der Waals surface area (Å²) in [6, 6.07) is 7.53. The number of hydrogen-bond acceptors (Lipinski definition) is 5. The molecule has 0 saturated heterocycles. The van der Waals surface area contributed by atoms with Crippen molar-refractivity contribution < 1.29 is 31.5 Å². The number of fused-ring (bicyclic) bond motifs is 1. The molecule has 1 aromatic heterocycles. The zero-order valence-electron chi connectivity index (χ0n) is 23.1. The number of nitrogens with one attached hydrogen (secondary N) is 2. The molecule has 1 atom stereocenters. The number of alkyl halides is 3. The number of benzene rings is 2. The third kappa shape index (κ3) is 6.04. The van der Waals surface area contributed by atoms with Gasteiger partial charge in [-0.1, -0.05) is 56.5 Å². The van der Waals surface area contributed by atoms with Crippen molar-refractivity contribution in [1.29, 1.82) is 0 Å². The summed E-state index contributed by atoms with van der Waals surface area (Å²) in [5.74, 6) is 0.265. The van der Waals surface area contributed by atoms with Crippen LogP contribution in [0.25, 0.3) is 21.2 Å². The van der Waals surface area contributed by atoms with Gasteiger partial charge in [-0.25, -0.2) is 8.42 Å².